The average Bonchev–Trinajstić information content (AvgIpc) is 2.47. The molecular formula is C15H22F3N3. The number of hydrogen-bond acceptors (Lipinski definition) is 3. The fourth-order valence-corrected chi connectivity index (χ4v) is 2.97. The standard InChI is InChI=1S/C15H22F3N3/c1-3-19-11(2)12-6-9-21(10-7-12)14-13(15(16,17)18)5-4-8-20-14/h4-5,8,11-12,19H,3,6-7,9-10H2,1-2H3. The lowest BCUT2D eigenvalue weighted by molar-refractivity contribution is -0.137. The largest absolute Gasteiger partial charge is 0.419 e. The van der Waals surface area contributed by atoms with Gasteiger partial charge in [0.2, 0.25) is 0 Å². The number of nitrogens with one attached hydrogen (secondary N) is 1. The predicted molar refractivity (Wildman–Crippen MR) is 77.3 cm³/mol. The molecule has 0 amide bonds. The zero-order chi connectivity index (χ0) is 15.5. The number of halogens is 3. The van der Waals surface area contributed by atoms with Crippen LogP contribution in [0, 0.1) is 5.92 Å². The van der Waals surface area contributed by atoms with Gasteiger partial charge in [-0.25, -0.2) is 4.98 Å². The highest BCUT2D eigenvalue weighted by Gasteiger charge is 2.36. The highest BCUT2D eigenvalue weighted by molar-refractivity contribution is 5.48. The second-order valence-corrected chi connectivity index (χ2v) is 5.54. The molecule has 21 heavy (non-hydrogen) atoms. The molecule has 1 saturated heterocycles. The van der Waals surface area contributed by atoms with Crippen LogP contribution in [0.1, 0.15) is 32.3 Å². The Labute approximate surface area is 123 Å². The van der Waals surface area contributed by atoms with Crippen molar-refractivity contribution < 1.29 is 13.2 Å². The van der Waals surface area contributed by atoms with Gasteiger partial charge in [-0.1, -0.05) is 6.92 Å². The lowest BCUT2D eigenvalue weighted by atomic mass is 9.90. The van der Waals surface area contributed by atoms with Gasteiger partial charge >= 0.3 is 6.18 Å². The number of hydrogen-bond donors (Lipinski definition) is 1. The summed E-state index contributed by atoms with van der Waals surface area (Å²) in [5.74, 6) is 0.582. The van der Waals surface area contributed by atoms with Crippen LogP contribution < -0.4 is 10.2 Å². The van der Waals surface area contributed by atoms with Gasteiger partial charge in [0.1, 0.15) is 5.82 Å². The highest BCUT2D eigenvalue weighted by atomic mass is 19.4. The molecule has 1 aliphatic heterocycles. The summed E-state index contributed by atoms with van der Waals surface area (Å²) in [7, 11) is 0. The molecule has 2 rings (SSSR count). The maximum atomic E-state index is 13.0. The number of rotatable bonds is 4. The number of pyridine rings is 1. The molecule has 2 heterocycles. The summed E-state index contributed by atoms with van der Waals surface area (Å²) in [5.41, 5.74) is -0.636. The molecule has 0 saturated carbocycles. The fraction of sp³-hybridized carbons (Fsp3) is 0.667. The van der Waals surface area contributed by atoms with Crippen LogP contribution in [-0.2, 0) is 6.18 Å². The first-order valence-corrected chi connectivity index (χ1v) is 7.44. The molecule has 0 bridgehead atoms. The van der Waals surface area contributed by atoms with Gasteiger partial charge in [-0.05, 0) is 44.4 Å². The van der Waals surface area contributed by atoms with Crippen LogP contribution in [0.5, 0.6) is 0 Å². The molecule has 1 unspecified atom stereocenters. The fourth-order valence-electron chi connectivity index (χ4n) is 2.97. The molecule has 0 spiro atoms. The number of piperidine rings is 1. The Morgan fingerprint density at radius 1 is 1.38 bits per heavy atom. The summed E-state index contributed by atoms with van der Waals surface area (Å²) in [6.45, 7) is 6.38. The van der Waals surface area contributed by atoms with Crippen molar-refractivity contribution in [3.8, 4) is 0 Å². The van der Waals surface area contributed by atoms with E-state index in [-0.39, 0.29) is 5.82 Å². The van der Waals surface area contributed by atoms with Crippen LogP contribution in [0.2, 0.25) is 0 Å². The summed E-state index contributed by atoms with van der Waals surface area (Å²) < 4.78 is 39.1. The number of nitrogens with zero attached hydrogens (tertiary/aromatic N) is 2. The molecule has 1 N–H and O–H groups in total. The van der Waals surface area contributed by atoms with E-state index in [1.54, 1.807) is 4.90 Å². The molecule has 0 radical (unpaired) electrons. The quantitative estimate of drug-likeness (QED) is 0.925. The van der Waals surface area contributed by atoms with Crippen LogP contribution in [-0.4, -0.2) is 30.7 Å². The van der Waals surface area contributed by atoms with Crippen molar-refractivity contribution in [2.75, 3.05) is 24.5 Å². The minimum Gasteiger partial charge on any atom is -0.356 e. The van der Waals surface area contributed by atoms with E-state index >= 15 is 0 Å². The third-order valence-electron chi connectivity index (χ3n) is 4.16. The number of anilines is 1. The van der Waals surface area contributed by atoms with Crippen LogP contribution in [0.25, 0.3) is 0 Å². The van der Waals surface area contributed by atoms with E-state index in [2.05, 4.69) is 24.1 Å². The molecule has 1 fully saturated rings. The van der Waals surface area contributed by atoms with Gasteiger partial charge in [0.15, 0.2) is 0 Å². The Balaban J connectivity index is 2.06. The van der Waals surface area contributed by atoms with Crippen LogP contribution in [0.3, 0.4) is 0 Å². The van der Waals surface area contributed by atoms with Gasteiger partial charge < -0.3 is 10.2 Å². The van der Waals surface area contributed by atoms with E-state index in [9.17, 15) is 13.2 Å². The maximum Gasteiger partial charge on any atom is 0.419 e. The minimum absolute atomic E-state index is 0.0690. The molecule has 0 aliphatic carbocycles. The first-order chi connectivity index (χ1) is 9.93. The van der Waals surface area contributed by atoms with Crippen molar-refractivity contribution in [2.24, 2.45) is 5.92 Å². The van der Waals surface area contributed by atoms with Crippen molar-refractivity contribution in [3.63, 3.8) is 0 Å². The molecule has 3 nitrogen and oxygen atoms in total. The third-order valence-corrected chi connectivity index (χ3v) is 4.16. The van der Waals surface area contributed by atoms with Gasteiger partial charge in [0, 0.05) is 25.3 Å². The minimum atomic E-state index is -4.35. The summed E-state index contributed by atoms with van der Waals surface area (Å²) >= 11 is 0. The molecule has 1 aromatic heterocycles. The predicted octanol–water partition coefficient (Wildman–Crippen LogP) is 3.31. The van der Waals surface area contributed by atoms with E-state index in [4.69, 9.17) is 0 Å². The highest BCUT2D eigenvalue weighted by Crippen LogP contribution is 2.36. The van der Waals surface area contributed by atoms with Gasteiger partial charge in [-0.3, -0.25) is 0 Å². The van der Waals surface area contributed by atoms with Crippen molar-refractivity contribution >= 4 is 5.82 Å². The van der Waals surface area contributed by atoms with Crippen LogP contribution >= 0.6 is 0 Å². The summed E-state index contributed by atoms with van der Waals surface area (Å²) in [6.07, 6.45) is -1.14. The van der Waals surface area contributed by atoms with Crippen molar-refractivity contribution in [2.45, 2.75) is 38.9 Å². The average molecular weight is 301 g/mol. The second-order valence-electron chi connectivity index (χ2n) is 5.54. The molecule has 1 atom stereocenters. The maximum absolute atomic E-state index is 13.0. The third kappa shape index (κ3) is 3.87. The SMILES string of the molecule is CCNC(C)C1CCN(c2ncccc2C(F)(F)F)CC1. The molecule has 118 valence electrons. The van der Waals surface area contributed by atoms with Crippen molar-refractivity contribution in [3.05, 3.63) is 23.9 Å². The van der Waals surface area contributed by atoms with E-state index in [0.29, 0.717) is 25.0 Å². The lowest BCUT2D eigenvalue weighted by Crippen LogP contribution is -2.42. The molecule has 0 aromatic carbocycles. The molecule has 6 heteroatoms. The molecular weight excluding hydrogens is 279 g/mol. The lowest BCUT2D eigenvalue weighted by Gasteiger charge is -2.36. The second kappa shape index (κ2) is 6.64. The van der Waals surface area contributed by atoms with E-state index in [1.807, 2.05) is 0 Å². The number of aromatic nitrogens is 1. The Morgan fingerprint density at radius 2 is 2.05 bits per heavy atom. The Morgan fingerprint density at radius 3 is 2.62 bits per heavy atom. The smallest absolute Gasteiger partial charge is 0.356 e. The molecule has 1 aromatic rings. The topological polar surface area (TPSA) is 28.2 Å². The van der Waals surface area contributed by atoms with Crippen LogP contribution in [0.15, 0.2) is 18.3 Å². The van der Waals surface area contributed by atoms with Crippen molar-refractivity contribution in [1.82, 2.24) is 10.3 Å². The summed E-state index contributed by atoms with van der Waals surface area (Å²) in [5, 5.41) is 3.39. The summed E-state index contributed by atoms with van der Waals surface area (Å²) in [6, 6.07) is 2.85. The zero-order valence-electron chi connectivity index (χ0n) is 12.5. The Bertz CT molecular complexity index is 454. The first-order valence-electron chi connectivity index (χ1n) is 7.44. The van der Waals surface area contributed by atoms with Crippen molar-refractivity contribution in [1.29, 1.82) is 0 Å². The Hall–Kier alpha value is -1.30. The Kier molecular flexibility index (Phi) is 5.08. The van der Waals surface area contributed by atoms with E-state index < -0.39 is 11.7 Å². The molecule has 1 aliphatic rings. The van der Waals surface area contributed by atoms with Gasteiger partial charge in [0.25, 0.3) is 0 Å². The normalized spacial score (nSPS) is 18.8. The monoisotopic (exact) mass is 301 g/mol. The van der Waals surface area contributed by atoms with Gasteiger partial charge in [0.05, 0.1) is 5.56 Å². The van der Waals surface area contributed by atoms with Gasteiger partial charge in [-0.2, -0.15) is 13.2 Å². The van der Waals surface area contributed by atoms with E-state index in [0.717, 1.165) is 25.5 Å². The summed E-state index contributed by atoms with van der Waals surface area (Å²) in [4.78, 5) is 5.73. The first kappa shape index (κ1) is 16.1. The zero-order valence-corrected chi connectivity index (χ0v) is 12.5. The van der Waals surface area contributed by atoms with Crippen LogP contribution in [0.4, 0.5) is 19.0 Å². The van der Waals surface area contributed by atoms with Gasteiger partial charge in [-0.15, -0.1) is 0 Å². The van der Waals surface area contributed by atoms with E-state index in [1.165, 1.54) is 12.3 Å². The number of alkyl halides is 3.